The summed E-state index contributed by atoms with van der Waals surface area (Å²) >= 11 is 7.92. The van der Waals surface area contributed by atoms with Crippen LogP contribution in [-0.2, 0) is 12.4 Å². The van der Waals surface area contributed by atoms with Crippen molar-refractivity contribution in [1.82, 2.24) is 19.9 Å². The van der Waals surface area contributed by atoms with Crippen molar-refractivity contribution < 1.29 is 14.0 Å². The third-order valence-corrected chi connectivity index (χ3v) is 6.01. The summed E-state index contributed by atoms with van der Waals surface area (Å²) in [5.41, 5.74) is 2.72. The summed E-state index contributed by atoms with van der Waals surface area (Å²) in [6, 6.07) is 15.3. The first-order valence-corrected chi connectivity index (χ1v) is 11.5. The van der Waals surface area contributed by atoms with E-state index in [-0.39, 0.29) is 6.61 Å². The van der Waals surface area contributed by atoms with Crippen LogP contribution in [0, 0.1) is 13.8 Å². The van der Waals surface area contributed by atoms with E-state index in [0.29, 0.717) is 23.2 Å². The van der Waals surface area contributed by atoms with Crippen LogP contribution in [0.5, 0.6) is 11.5 Å². The maximum atomic E-state index is 6.40. The zero-order valence-electron chi connectivity index (χ0n) is 18.0. The minimum absolute atomic E-state index is 0.246. The first kappa shape index (κ1) is 22.2. The van der Waals surface area contributed by atoms with E-state index in [1.165, 1.54) is 11.8 Å². The molecule has 0 aliphatic rings. The maximum Gasteiger partial charge on any atom is 0.196 e. The van der Waals surface area contributed by atoms with Crippen molar-refractivity contribution in [3.63, 3.8) is 0 Å². The van der Waals surface area contributed by atoms with E-state index < -0.39 is 0 Å². The molecule has 0 N–H and O–H groups in total. The molecule has 2 heterocycles. The Labute approximate surface area is 195 Å². The second-order valence-corrected chi connectivity index (χ2v) is 8.43. The molecule has 2 aromatic heterocycles. The van der Waals surface area contributed by atoms with Crippen LogP contribution >= 0.6 is 23.4 Å². The van der Waals surface area contributed by atoms with Gasteiger partial charge in [0.1, 0.15) is 23.9 Å². The third-order valence-electron chi connectivity index (χ3n) is 4.64. The number of aryl methyl sites for hydroxylation is 2. The molecule has 7 nitrogen and oxygen atoms in total. The number of rotatable bonds is 9. The van der Waals surface area contributed by atoms with Gasteiger partial charge in [-0.05, 0) is 62.7 Å². The molecule has 4 rings (SSSR count). The Kier molecular flexibility index (Phi) is 7.02. The summed E-state index contributed by atoms with van der Waals surface area (Å²) in [4.78, 5) is 0. The molecule has 0 unspecified atom stereocenters. The van der Waals surface area contributed by atoms with Crippen molar-refractivity contribution >= 4 is 23.4 Å². The molecule has 0 saturated heterocycles. The van der Waals surface area contributed by atoms with Crippen molar-refractivity contribution in [3.05, 3.63) is 76.4 Å². The predicted octanol–water partition coefficient (Wildman–Crippen LogP) is 5.80. The van der Waals surface area contributed by atoms with Crippen LogP contribution in [0.25, 0.3) is 5.69 Å². The molecule has 0 atom stereocenters. The Hall–Kier alpha value is -2.97. The normalized spacial score (nSPS) is 11.0. The summed E-state index contributed by atoms with van der Waals surface area (Å²) in [6.45, 7) is 6.66. The smallest absolute Gasteiger partial charge is 0.196 e. The zero-order valence-corrected chi connectivity index (χ0v) is 19.6. The lowest BCUT2D eigenvalue weighted by Gasteiger charge is -2.12. The van der Waals surface area contributed by atoms with Gasteiger partial charge in [0.15, 0.2) is 11.0 Å². The molecule has 0 amide bonds. The van der Waals surface area contributed by atoms with Gasteiger partial charge in [-0.25, -0.2) is 0 Å². The van der Waals surface area contributed by atoms with Gasteiger partial charge in [-0.2, -0.15) is 0 Å². The van der Waals surface area contributed by atoms with Crippen LogP contribution in [0.15, 0.2) is 58.2 Å². The lowest BCUT2D eigenvalue weighted by atomic mass is 10.2. The number of thioether (sulfide) groups is 1. The topological polar surface area (TPSA) is 75.2 Å². The van der Waals surface area contributed by atoms with E-state index in [9.17, 15) is 0 Å². The monoisotopic (exact) mass is 470 g/mol. The second kappa shape index (κ2) is 10.1. The lowest BCUT2D eigenvalue weighted by molar-refractivity contribution is 0.291. The van der Waals surface area contributed by atoms with E-state index in [1.807, 2.05) is 73.9 Å². The fourth-order valence-electron chi connectivity index (χ4n) is 3.04. The summed E-state index contributed by atoms with van der Waals surface area (Å²) in [5.74, 6) is 3.57. The van der Waals surface area contributed by atoms with Gasteiger partial charge in [-0.1, -0.05) is 34.6 Å². The standard InChI is InChI=1S/C23H23ClN4O3S/c1-4-29-19-7-9-20(10-8-19)30-13-22-25-26-23(32-14-17-11-16(3)31-27-17)28(22)18-6-5-15(2)21(24)12-18/h5-12H,4,13-14H2,1-3H3. The van der Waals surface area contributed by atoms with Gasteiger partial charge in [0.05, 0.1) is 18.0 Å². The third kappa shape index (κ3) is 5.26. The van der Waals surface area contributed by atoms with Gasteiger partial charge < -0.3 is 14.0 Å². The molecule has 9 heteroatoms. The Morgan fingerprint density at radius 1 is 1.00 bits per heavy atom. The number of benzene rings is 2. The van der Waals surface area contributed by atoms with Crippen LogP contribution in [0.3, 0.4) is 0 Å². The highest BCUT2D eigenvalue weighted by molar-refractivity contribution is 7.98. The van der Waals surface area contributed by atoms with Crippen LogP contribution in [0.2, 0.25) is 5.02 Å². The molecule has 2 aromatic carbocycles. The van der Waals surface area contributed by atoms with E-state index in [1.54, 1.807) is 0 Å². The number of ether oxygens (including phenoxy) is 2. The van der Waals surface area contributed by atoms with Crippen LogP contribution in [0.1, 0.15) is 29.8 Å². The Morgan fingerprint density at radius 3 is 2.41 bits per heavy atom. The highest BCUT2D eigenvalue weighted by atomic mass is 35.5. The first-order valence-electron chi connectivity index (χ1n) is 10.1. The fourth-order valence-corrected chi connectivity index (χ4v) is 4.06. The Bertz CT molecular complexity index is 1190. The van der Waals surface area contributed by atoms with E-state index in [0.717, 1.165) is 39.4 Å². The molecule has 166 valence electrons. The number of hydrogen-bond acceptors (Lipinski definition) is 7. The Morgan fingerprint density at radius 2 is 1.75 bits per heavy atom. The van der Waals surface area contributed by atoms with Gasteiger partial charge >= 0.3 is 0 Å². The van der Waals surface area contributed by atoms with Crippen LogP contribution < -0.4 is 9.47 Å². The number of hydrogen-bond donors (Lipinski definition) is 0. The summed E-state index contributed by atoms with van der Waals surface area (Å²) in [5, 5.41) is 14.2. The van der Waals surface area contributed by atoms with Crippen molar-refractivity contribution in [3.8, 4) is 17.2 Å². The molecule has 32 heavy (non-hydrogen) atoms. The molecule has 0 radical (unpaired) electrons. The molecule has 0 saturated carbocycles. The summed E-state index contributed by atoms with van der Waals surface area (Å²) in [6.07, 6.45) is 0. The molecular formula is C23H23ClN4O3S. The lowest BCUT2D eigenvalue weighted by Crippen LogP contribution is -2.07. The van der Waals surface area contributed by atoms with E-state index in [4.69, 9.17) is 25.6 Å². The quantitative estimate of drug-likeness (QED) is 0.286. The van der Waals surface area contributed by atoms with Crippen LogP contribution in [0.4, 0.5) is 0 Å². The zero-order chi connectivity index (χ0) is 22.5. The highest BCUT2D eigenvalue weighted by Crippen LogP contribution is 2.28. The van der Waals surface area contributed by atoms with Crippen molar-refractivity contribution in [2.75, 3.05) is 6.61 Å². The van der Waals surface area contributed by atoms with Crippen molar-refractivity contribution in [2.24, 2.45) is 0 Å². The van der Waals surface area contributed by atoms with Gasteiger partial charge in [0, 0.05) is 16.8 Å². The molecule has 0 aliphatic carbocycles. The molecule has 0 bridgehead atoms. The highest BCUT2D eigenvalue weighted by Gasteiger charge is 2.17. The average molecular weight is 471 g/mol. The minimum Gasteiger partial charge on any atom is -0.494 e. The molecule has 0 fully saturated rings. The van der Waals surface area contributed by atoms with Gasteiger partial charge in [0.25, 0.3) is 0 Å². The molecular weight excluding hydrogens is 448 g/mol. The van der Waals surface area contributed by atoms with E-state index in [2.05, 4.69) is 15.4 Å². The van der Waals surface area contributed by atoms with Gasteiger partial charge in [-0.15, -0.1) is 10.2 Å². The molecule has 0 spiro atoms. The van der Waals surface area contributed by atoms with Crippen molar-refractivity contribution in [1.29, 1.82) is 0 Å². The largest absolute Gasteiger partial charge is 0.494 e. The maximum absolute atomic E-state index is 6.40. The number of nitrogens with zero attached hydrogens (tertiary/aromatic N) is 4. The van der Waals surface area contributed by atoms with Crippen LogP contribution in [-0.4, -0.2) is 26.5 Å². The Balaban J connectivity index is 1.57. The summed E-state index contributed by atoms with van der Waals surface area (Å²) in [7, 11) is 0. The number of aromatic nitrogens is 4. The number of halogens is 1. The first-order chi connectivity index (χ1) is 15.5. The minimum atomic E-state index is 0.246. The van der Waals surface area contributed by atoms with Crippen molar-refractivity contribution in [2.45, 2.75) is 38.3 Å². The SMILES string of the molecule is CCOc1ccc(OCc2nnc(SCc3cc(C)on3)n2-c2ccc(C)c(Cl)c2)cc1. The fraction of sp³-hybridized carbons (Fsp3) is 0.261. The van der Waals surface area contributed by atoms with Gasteiger partial charge in [-0.3, -0.25) is 4.57 Å². The predicted molar refractivity (Wildman–Crippen MR) is 124 cm³/mol. The van der Waals surface area contributed by atoms with Gasteiger partial charge in [0.2, 0.25) is 0 Å². The molecule has 0 aliphatic heterocycles. The average Bonchev–Trinajstić information content (AvgIpc) is 3.39. The summed E-state index contributed by atoms with van der Waals surface area (Å²) < 4.78 is 18.6. The second-order valence-electron chi connectivity index (χ2n) is 7.08. The van der Waals surface area contributed by atoms with E-state index >= 15 is 0 Å². The molecule has 4 aromatic rings.